The maximum absolute atomic E-state index is 11.5. The molecule has 2 amide bonds. The smallest absolute Gasteiger partial charge is 0.223 e. The highest BCUT2D eigenvalue weighted by molar-refractivity contribution is 5.82. The van der Waals surface area contributed by atoms with Gasteiger partial charge in [-0.1, -0.05) is 6.92 Å². The zero-order valence-electron chi connectivity index (χ0n) is 12.3. The summed E-state index contributed by atoms with van der Waals surface area (Å²) in [5, 5.41) is 5.66. The van der Waals surface area contributed by atoms with E-state index in [0.717, 1.165) is 25.4 Å². The molecule has 2 aliphatic rings. The molecule has 2 fully saturated rings. The fraction of sp³-hybridized carbons (Fsp3) is 0.867. The van der Waals surface area contributed by atoms with Crippen molar-refractivity contribution >= 4 is 11.8 Å². The molecule has 5 nitrogen and oxygen atoms in total. The van der Waals surface area contributed by atoms with Crippen LogP contribution >= 0.6 is 0 Å². The Kier molecular flexibility index (Phi) is 5.83. The first kappa shape index (κ1) is 15.3. The molecule has 0 aliphatic heterocycles. The van der Waals surface area contributed by atoms with Crippen LogP contribution in [0.5, 0.6) is 0 Å². The second kappa shape index (κ2) is 7.62. The van der Waals surface area contributed by atoms with Crippen LogP contribution < -0.4 is 10.6 Å². The minimum absolute atomic E-state index is 0.00339. The Morgan fingerprint density at radius 2 is 1.95 bits per heavy atom. The Morgan fingerprint density at radius 1 is 1.20 bits per heavy atom. The van der Waals surface area contributed by atoms with Crippen molar-refractivity contribution in [2.24, 2.45) is 17.8 Å². The van der Waals surface area contributed by atoms with Crippen LogP contribution in [-0.2, 0) is 14.3 Å². The Hall–Kier alpha value is -1.10. The van der Waals surface area contributed by atoms with Crippen molar-refractivity contribution in [3.63, 3.8) is 0 Å². The van der Waals surface area contributed by atoms with Gasteiger partial charge in [-0.15, -0.1) is 0 Å². The standard InChI is InChI=1S/C15H26N2O3/c1-11-9-13(11)15(19)17-7-5-14(18)16-6-2-8-20-10-12-3-4-12/h11-13H,2-10H2,1H3,(H,16,18)(H,17,19)/t11-,13-/m0/s1. The van der Waals surface area contributed by atoms with Gasteiger partial charge in [0.25, 0.3) is 0 Å². The van der Waals surface area contributed by atoms with Gasteiger partial charge < -0.3 is 15.4 Å². The average Bonchev–Trinajstić information content (AvgIpc) is 3.30. The van der Waals surface area contributed by atoms with Crippen LogP contribution in [0.2, 0.25) is 0 Å². The third kappa shape index (κ3) is 5.90. The van der Waals surface area contributed by atoms with Crippen molar-refractivity contribution in [2.45, 2.75) is 39.0 Å². The van der Waals surface area contributed by atoms with Crippen molar-refractivity contribution < 1.29 is 14.3 Å². The lowest BCUT2D eigenvalue weighted by Crippen LogP contribution is -2.32. The summed E-state index contributed by atoms with van der Waals surface area (Å²) in [5.74, 6) is 1.58. The molecule has 0 aromatic rings. The highest BCUT2D eigenvalue weighted by atomic mass is 16.5. The van der Waals surface area contributed by atoms with Gasteiger partial charge in [0, 0.05) is 38.6 Å². The summed E-state index contributed by atoms with van der Waals surface area (Å²) in [7, 11) is 0. The molecule has 0 radical (unpaired) electrons. The van der Waals surface area contributed by atoms with Gasteiger partial charge in [0.05, 0.1) is 0 Å². The van der Waals surface area contributed by atoms with Gasteiger partial charge in [0.1, 0.15) is 0 Å². The summed E-state index contributed by atoms with van der Waals surface area (Å²) in [4.78, 5) is 23.1. The van der Waals surface area contributed by atoms with Gasteiger partial charge in [0.2, 0.25) is 11.8 Å². The lowest BCUT2D eigenvalue weighted by Gasteiger charge is -2.07. The molecule has 0 unspecified atom stereocenters. The zero-order chi connectivity index (χ0) is 14.4. The van der Waals surface area contributed by atoms with Crippen molar-refractivity contribution in [2.75, 3.05) is 26.3 Å². The molecule has 0 aromatic heterocycles. The van der Waals surface area contributed by atoms with Crippen molar-refractivity contribution in [1.29, 1.82) is 0 Å². The lowest BCUT2D eigenvalue weighted by atomic mass is 10.3. The molecule has 0 bridgehead atoms. The van der Waals surface area contributed by atoms with Gasteiger partial charge >= 0.3 is 0 Å². The van der Waals surface area contributed by atoms with Crippen molar-refractivity contribution in [1.82, 2.24) is 10.6 Å². The first-order valence-corrected chi connectivity index (χ1v) is 7.79. The number of rotatable bonds is 10. The van der Waals surface area contributed by atoms with E-state index in [9.17, 15) is 9.59 Å². The predicted octanol–water partition coefficient (Wildman–Crippen LogP) is 1.08. The summed E-state index contributed by atoms with van der Waals surface area (Å²) in [6.07, 6.45) is 4.81. The Morgan fingerprint density at radius 3 is 2.60 bits per heavy atom. The molecule has 2 saturated carbocycles. The number of hydrogen-bond donors (Lipinski definition) is 2. The van der Waals surface area contributed by atoms with Crippen LogP contribution in [0.1, 0.15) is 39.0 Å². The summed E-state index contributed by atoms with van der Waals surface area (Å²) in [6, 6.07) is 0. The van der Waals surface area contributed by atoms with Crippen molar-refractivity contribution in [3.8, 4) is 0 Å². The predicted molar refractivity (Wildman–Crippen MR) is 76.1 cm³/mol. The van der Waals surface area contributed by atoms with E-state index in [1.165, 1.54) is 12.8 Å². The van der Waals surface area contributed by atoms with Gasteiger partial charge in [-0.05, 0) is 37.5 Å². The first-order chi connectivity index (χ1) is 9.66. The fourth-order valence-electron chi connectivity index (χ4n) is 2.14. The van der Waals surface area contributed by atoms with E-state index in [1.54, 1.807) is 0 Å². The summed E-state index contributed by atoms with van der Waals surface area (Å²) >= 11 is 0. The zero-order valence-corrected chi connectivity index (χ0v) is 12.3. The molecule has 2 N–H and O–H groups in total. The van der Waals surface area contributed by atoms with Crippen LogP contribution in [0.3, 0.4) is 0 Å². The SMILES string of the molecule is C[C@H]1C[C@@H]1C(=O)NCCC(=O)NCCCOCC1CC1. The molecule has 5 heteroatoms. The molecule has 2 atom stereocenters. The third-order valence-electron chi connectivity index (χ3n) is 3.94. The molecule has 0 aromatic carbocycles. The molecular formula is C15H26N2O3. The molecule has 114 valence electrons. The molecule has 2 rings (SSSR count). The maximum atomic E-state index is 11.5. The number of nitrogens with one attached hydrogen (secondary N) is 2. The minimum atomic E-state index is -0.00339. The van der Waals surface area contributed by atoms with Gasteiger partial charge in [-0.2, -0.15) is 0 Å². The monoisotopic (exact) mass is 282 g/mol. The topological polar surface area (TPSA) is 67.4 Å². The van der Waals surface area contributed by atoms with E-state index in [2.05, 4.69) is 17.6 Å². The van der Waals surface area contributed by atoms with Crippen LogP contribution in [0.15, 0.2) is 0 Å². The number of ether oxygens (including phenoxy) is 1. The summed E-state index contributed by atoms with van der Waals surface area (Å²) in [6.45, 7) is 4.75. The Bertz CT molecular complexity index is 342. The third-order valence-corrected chi connectivity index (χ3v) is 3.94. The van der Waals surface area contributed by atoms with Crippen LogP contribution in [0.4, 0.5) is 0 Å². The highest BCUT2D eigenvalue weighted by Gasteiger charge is 2.38. The van der Waals surface area contributed by atoms with E-state index in [4.69, 9.17) is 4.74 Å². The van der Waals surface area contributed by atoms with Crippen LogP contribution in [0, 0.1) is 17.8 Å². The largest absolute Gasteiger partial charge is 0.381 e. The van der Waals surface area contributed by atoms with Crippen LogP contribution in [-0.4, -0.2) is 38.1 Å². The molecule has 2 aliphatic carbocycles. The highest BCUT2D eigenvalue weighted by Crippen LogP contribution is 2.37. The van der Waals surface area contributed by atoms with Gasteiger partial charge in [0.15, 0.2) is 0 Å². The summed E-state index contributed by atoms with van der Waals surface area (Å²) < 4.78 is 5.49. The molecule has 0 heterocycles. The molecule has 0 spiro atoms. The second-order valence-electron chi connectivity index (χ2n) is 6.08. The van der Waals surface area contributed by atoms with E-state index in [-0.39, 0.29) is 17.7 Å². The van der Waals surface area contributed by atoms with E-state index in [1.807, 2.05) is 0 Å². The average molecular weight is 282 g/mol. The van der Waals surface area contributed by atoms with Crippen LogP contribution in [0.25, 0.3) is 0 Å². The van der Waals surface area contributed by atoms with Gasteiger partial charge in [-0.3, -0.25) is 9.59 Å². The Balaban J connectivity index is 1.37. The summed E-state index contributed by atoms with van der Waals surface area (Å²) in [5.41, 5.74) is 0. The first-order valence-electron chi connectivity index (χ1n) is 7.79. The van der Waals surface area contributed by atoms with Gasteiger partial charge in [-0.25, -0.2) is 0 Å². The molecular weight excluding hydrogens is 256 g/mol. The van der Waals surface area contributed by atoms with Crippen molar-refractivity contribution in [3.05, 3.63) is 0 Å². The fourth-order valence-corrected chi connectivity index (χ4v) is 2.14. The number of carbonyl (C=O) groups excluding carboxylic acids is 2. The minimum Gasteiger partial charge on any atom is -0.381 e. The second-order valence-corrected chi connectivity index (χ2v) is 6.08. The Labute approximate surface area is 120 Å². The normalized spacial score (nSPS) is 24.2. The van der Waals surface area contributed by atoms with E-state index in [0.29, 0.717) is 32.0 Å². The molecule has 0 saturated heterocycles. The lowest BCUT2D eigenvalue weighted by molar-refractivity contribution is -0.123. The van der Waals surface area contributed by atoms with E-state index < -0.39 is 0 Å². The number of hydrogen-bond acceptors (Lipinski definition) is 3. The quantitative estimate of drug-likeness (QED) is 0.589. The number of carbonyl (C=O) groups is 2. The number of amides is 2. The van der Waals surface area contributed by atoms with E-state index >= 15 is 0 Å². The molecule has 20 heavy (non-hydrogen) atoms. The maximum Gasteiger partial charge on any atom is 0.223 e.